The molecule has 3 aromatic rings. The number of phenols is 1. The number of aromatic nitrogens is 3. The van der Waals surface area contributed by atoms with Crippen LogP contribution in [0.1, 0.15) is 31.2 Å². The van der Waals surface area contributed by atoms with E-state index in [1.165, 1.54) is 6.07 Å². The summed E-state index contributed by atoms with van der Waals surface area (Å²) in [6.45, 7) is -0.250. The summed E-state index contributed by atoms with van der Waals surface area (Å²) in [5.41, 5.74) is -0.518. The summed E-state index contributed by atoms with van der Waals surface area (Å²) in [6, 6.07) is 4.49. The number of hydrogen-bond donors (Lipinski definition) is 4. The number of anilines is 1. The van der Waals surface area contributed by atoms with E-state index in [0.29, 0.717) is 29.1 Å². The Hall–Kier alpha value is -3.47. The highest BCUT2D eigenvalue weighted by Crippen LogP contribution is 2.38. The molecule has 0 spiro atoms. The van der Waals surface area contributed by atoms with E-state index in [1.54, 1.807) is 18.5 Å². The van der Waals surface area contributed by atoms with Gasteiger partial charge in [0.25, 0.3) is 6.47 Å². The van der Waals surface area contributed by atoms with Crippen molar-refractivity contribution in [3.8, 4) is 17.0 Å². The first-order chi connectivity index (χ1) is 15.2. The van der Waals surface area contributed by atoms with Crippen LogP contribution < -0.4 is 5.32 Å². The quantitative estimate of drug-likeness (QED) is 0.443. The minimum Gasteiger partial charge on any atom is -0.507 e. The van der Waals surface area contributed by atoms with Gasteiger partial charge in [-0.1, -0.05) is 0 Å². The summed E-state index contributed by atoms with van der Waals surface area (Å²) >= 11 is 0. The summed E-state index contributed by atoms with van der Waals surface area (Å²) in [6.07, 6.45) is 1.40. The molecule has 1 aliphatic rings. The van der Waals surface area contributed by atoms with Crippen LogP contribution in [-0.4, -0.2) is 49.1 Å². The van der Waals surface area contributed by atoms with Crippen LogP contribution in [0.25, 0.3) is 22.0 Å². The van der Waals surface area contributed by atoms with Gasteiger partial charge in [-0.15, -0.1) is 10.2 Å². The molecule has 0 amide bonds. The van der Waals surface area contributed by atoms with Gasteiger partial charge in [-0.25, -0.2) is 0 Å². The lowest BCUT2D eigenvalue weighted by Crippen LogP contribution is -2.30. The third-order valence-corrected chi connectivity index (χ3v) is 5.15. The van der Waals surface area contributed by atoms with Gasteiger partial charge in [0, 0.05) is 34.8 Å². The lowest BCUT2D eigenvalue weighted by atomic mass is 9.93. The maximum absolute atomic E-state index is 12.9. The number of halogens is 3. The van der Waals surface area contributed by atoms with E-state index in [1.807, 2.05) is 0 Å². The van der Waals surface area contributed by atoms with E-state index in [4.69, 9.17) is 9.90 Å². The van der Waals surface area contributed by atoms with Gasteiger partial charge in [-0.05, 0) is 49.9 Å². The van der Waals surface area contributed by atoms with Crippen molar-refractivity contribution in [2.45, 2.75) is 44.0 Å². The van der Waals surface area contributed by atoms with E-state index in [-0.39, 0.29) is 29.9 Å². The highest BCUT2D eigenvalue weighted by atomic mass is 19.4. The summed E-state index contributed by atoms with van der Waals surface area (Å²) < 4.78 is 38.7. The summed E-state index contributed by atoms with van der Waals surface area (Å²) in [5.74, 6) is -0.0364. The zero-order valence-corrected chi connectivity index (χ0v) is 16.8. The predicted octanol–water partition coefficient (Wildman–Crippen LogP) is 3.83. The molecule has 4 rings (SSSR count). The van der Waals surface area contributed by atoms with Crippen LogP contribution >= 0.6 is 0 Å². The Morgan fingerprint density at radius 3 is 2.53 bits per heavy atom. The fourth-order valence-corrected chi connectivity index (χ4v) is 3.70. The van der Waals surface area contributed by atoms with Crippen LogP contribution in [0, 0.1) is 0 Å². The van der Waals surface area contributed by atoms with Crippen LogP contribution in [0.2, 0.25) is 0 Å². The van der Waals surface area contributed by atoms with E-state index in [2.05, 4.69) is 20.5 Å². The zero-order chi connectivity index (χ0) is 23.3. The van der Waals surface area contributed by atoms with Crippen LogP contribution in [0.3, 0.4) is 0 Å². The number of carboxylic acid groups (broad SMARTS) is 1. The normalized spacial score (nSPS) is 18.5. The Kier molecular flexibility index (Phi) is 7.08. The van der Waals surface area contributed by atoms with E-state index in [0.717, 1.165) is 25.3 Å². The molecule has 11 heteroatoms. The lowest BCUT2D eigenvalue weighted by Gasteiger charge is -2.27. The Morgan fingerprint density at radius 1 is 1.12 bits per heavy atom. The molecule has 1 aromatic carbocycles. The molecular formula is C21H21F3N4O4. The van der Waals surface area contributed by atoms with Gasteiger partial charge >= 0.3 is 6.18 Å². The van der Waals surface area contributed by atoms with Gasteiger partial charge in [-0.3, -0.25) is 9.78 Å². The first kappa shape index (κ1) is 23.2. The fraction of sp³-hybridized carbons (Fsp3) is 0.333. The molecule has 1 saturated carbocycles. The predicted molar refractivity (Wildman–Crippen MR) is 110 cm³/mol. The highest BCUT2D eigenvalue weighted by Gasteiger charge is 2.31. The monoisotopic (exact) mass is 450 g/mol. The summed E-state index contributed by atoms with van der Waals surface area (Å²) in [5, 5.41) is 39.9. The smallest absolute Gasteiger partial charge is 0.416 e. The van der Waals surface area contributed by atoms with E-state index in [9.17, 15) is 23.4 Å². The molecule has 2 heterocycles. The lowest BCUT2D eigenvalue weighted by molar-refractivity contribution is -0.137. The Morgan fingerprint density at radius 2 is 1.88 bits per heavy atom. The second-order valence-electron chi connectivity index (χ2n) is 7.32. The molecule has 170 valence electrons. The van der Waals surface area contributed by atoms with Gasteiger partial charge in [0.05, 0.1) is 11.7 Å². The van der Waals surface area contributed by atoms with Crippen molar-refractivity contribution in [1.29, 1.82) is 0 Å². The average Bonchev–Trinajstić information content (AvgIpc) is 2.74. The Balaban J connectivity index is 0.000000913. The number of aliphatic hydroxyl groups is 1. The number of hydrogen-bond acceptors (Lipinski definition) is 7. The minimum atomic E-state index is -4.55. The minimum absolute atomic E-state index is 0.0433. The molecule has 2 aromatic heterocycles. The summed E-state index contributed by atoms with van der Waals surface area (Å²) in [7, 11) is 0. The molecular weight excluding hydrogens is 429 g/mol. The number of carbonyl (C=O) groups is 1. The molecule has 32 heavy (non-hydrogen) atoms. The maximum Gasteiger partial charge on any atom is 0.416 e. The van der Waals surface area contributed by atoms with Crippen LogP contribution in [0.4, 0.5) is 19.0 Å². The first-order valence-electron chi connectivity index (χ1n) is 9.78. The largest absolute Gasteiger partial charge is 0.507 e. The van der Waals surface area contributed by atoms with Gasteiger partial charge in [0.15, 0.2) is 5.82 Å². The molecule has 0 radical (unpaired) electrons. The first-order valence-corrected chi connectivity index (χ1v) is 9.78. The molecule has 0 bridgehead atoms. The third kappa shape index (κ3) is 5.22. The number of pyridine rings is 1. The molecule has 2 atom stereocenters. The number of nitrogens with zero attached hydrogens (tertiary/aromatic N) is 3. The molecule has 1 aliphatic carbocycles. The van der Waals surface area contributed by atoms with Crippen LogP contribution in [0.15, 0.2) is 36.7 Å². The van der Waals surface area contributed by atoms with Crippen molar-refractivity contribution >= 4 is 23.1 Å². The van der Waals surface area contributed by atoms with Gasteiger partial charge < -0.3 is 20.6 Å². The van der Waals surface area contributed by atoms with E-state index >= 15 is 0 Å². The Bertz CT molecular complexity index is 1090. The van der Waals surface area contributed by atoms with Gasteiger partial charge in [-0.2, -0.15) is 13.2 Å². The number of fused-ring (bicyclic) bond motifs is 1. The van der Waals surface area contributed by atoms with Crippen molar-refractivity contribution in [2.24, 2.45) is 0 Å². The van der Waals surface area contributed by atoms with E-state index < -0.39 is 17.5 Å². The number of benzene rings is 1. The zero-order valence-electron chi connectivity index (χ0n) is 16.8. The number of aliphatic hydroxyl groups excluding tert-OH is 1. The molecule has 1 fully saturated rings. The number of rotatable bonds is 3. The molecule has 4 N–H and O–H groups in total. The van der Waals surface area contributed by atoms with Crippen LogP contribution in [0.5, 0.6) is 5.75 Å². The fourth-order valence-electron chi connectivity index (χ4n) is 3.70. The highest BCUT2D eigenvalue weighted by molar-refractivity contribution is 6.00. The van der Waals surface area contributed by atoms with Crippen molar-refractivity contribution in [3.63, 3.8) is 0 Å². The van der Waals surface area contributed by atoms with Crippen molar-refractivity contribution in [1.82, 2.24) is 15.2 Å². The molecule has 0 aliphatic heterocycles. The standard InChI is InChI=1S/C20H19F3N4O2.CH2O2/c21-20(22,23)11-4-5-15(17(29)8-11)18-14-6-7-24-10-16(14)19(27-26-18)25-12-2-1-3-13(28)9-12;2-1-3/h4-8,10,12-13,28-29H,1-3,9H2,(H,25,27);1H,(H,2,3)/t12-,13+;/m1./s1. The number of phenolic OH excluding ortho intramolecular Hbond substituents is 1. The van der Waals surface area contributed by atoms with Crippen molar-refractivity contribution < 1.29 is 33.3 Å². The number of alkyl halides is 3. The summed E-state index contributed by atoms with van der Waals surface area (Å²) in [4.78, 5) is 12.5. The molecule has 0 saturated heterocycles. The van der Waals surface area contributed by atoms with Gasteiger partial charge in [0.1, 0.15) is 11.4 Å². The maximum atomic E-state index is 12.9. The average molecular weight is 450 g/mol. The van der Waals surface area contributed by atoms with Crippen LogP contribution in [-0.2, 0) is 11.0 Å². The second-order valence-corrected chi connectivity index (χ2v) is 7.32. The number of aromatic hydroxyl groups is 1. The Labute approximate surface area is 180 Å². The van der Waals surface area contributed by atoms with Crippen molar-refractivity contribution in [2.75, 3.05) is 5.32 Å². The van der Waals surface area contributed by atoms with Gasteiger partial charge in [0.2, 0.25) is 0 Å². The molecule has 0 unspecified atom stereocenters. The third-order valence-electron chi connectivity index (χ3n) is 5.15. The molecule has 8 nitrogen and oxygen atoms in total. The number of nitrogens with one attached hydrogen (secondary N) is 1. The SMILES string of the molecule is O=CO.Oc1cc(C(F)(F)F)ccc1-c1nnc(N[C@@H]2CCC[C@H](O)C2)c2cnccc12. The topological polar surface area (TPSA) is 128 Å². The second kappa shape index (κ2) is 9.77. The van der Waals surface area contributed by atoms with Crippen molar-refractivity contribution in [3.05, 3.63) is 42.2 Å².